The van der Waals surface area contributed by atoms with Crippen molar-refractivity contribution in [2.75, 3.05) is 4.90 Å². The number of nitrogens with zero attached hydrogens (tertiary/aromatic N) is 1. The number of hydrogen-bond acceptors (Lipinski definition) is 7. The standard InChI is InChI=1S/C32H30N2O6S2/c1-21-11-17-28(18-12-21)42(37,38)40-22(2)29-31(36)34(26-10-6-9-25(19-26)30(33)35)32(41-29)24-13-15-27(16-14-24)39-20-23-7-4-3-5-8-23/h3-19,22,29,32H,20H2,1-2H3,(H2,33,35). The number of carbonyl (C=O) groups is 2. The largest absolute Gasteiger partial charge is 0.489 e. The first-order valence-electron chi connectivity index (χ1n) is 13.3. The summed E-state index contributed by atoms with van der Waals surface area (Å²) < 4.78 is 37.5. The van der Waals surface area contributed by atoms with Crippen LogP contribution in [-0.2, 0) is 25.7 Å². The van der Waals surface area contributed by atoms with Crippen LogP contribution >= 0.6 is 11.8 Å². The Hall–Kier alpha value is -4.12. The van der Waals surface area contributed by atoms with Crippen LogP contribution in [0, 0.1) is 6.92 Å². The van der Waals surface area contributed by atoms with Crippen LogP contribution in [0.2, 0.25) is 0 Å². The SMILES string of the molecule is Cc1ccc(S(=O)(=O)OC(C)C2SC(c3ccc(OCc4ccccc4)cc3)N(c3cccc(C(N)=O)c3)C2=O)cc1. The Bertz CT molecular complexity index is 1680. The van der Waals surface area contributed by atoms with Crippen molar-refractivity contribution in [2.45, 2.75) is 42.1 Å². The van der Waals surface area contributed by atoms with E-state index in [0.29, 0.717) is 18.0 Å². The fourth-order valence-electron chi connectivity index (χ4n) is 4.60. The van der Waals surface area contributed by atoms with E-state index in [1.165, 1.54) is 23.9 Å². The average Bonchev–Trinajstić information content (AvgIpc) is 3.34. The number of carbonyl (C=O) groups excluding carboxylic acids is 2. The summed E-state index contributed by atoms with van der Waals surface area (Å²) in [6.45, 7) is 3.84. The molecule has 4 aromatic carbocycles. The Labute approximate surface area is 249 Å². The second kappa shape index (κ2) is 12.4. The van der Waals surface area contributed by atoms with E-state index in [0.717, 1.165) is 16.7 Å². The molecule has 1 aliphatic heterocycles. The number of primary amides is 1. The molecule has 0 bridgehead atoms. The smallest absolute Gasteiger partial charge is 0.297 e. The van der Waals surface area contributed by atoms with E-state index in [4.69, 9.17) is 14.7 Å². The maximum Gasteiger partial charge on any atom is 0.297 e. The van der Waals surface area contributed by atoms with Gasteiger partial charge < -0.3 is 10.5 Å². The molecule has 0 saturated carbocycles. The lowest BCUT2D eigenvalue weighted by molar-refractivity contribution is -0.118. The molecule has 4 aromatic rings. The van der Waals surface area contributed by atoms with Crippen LogP contribution in [0.4, 0.5) is 5.69 Å². The van der Waals surface area contributed by atoms with Crippen LogP contribution < -0.4 is 15.4 Å². The van der Waals surface area contributed by atoms with Gasteiger partial charge in [-0.25, -0.2) is 0 Å². The minimum Gasteiger partial charge on any atom is -0.489 e. The maximum atomic E-state index is 13.9. The summed E-state index contributed by atoms with van der Waals surface area (Å²) in [6.07, 6.45) is -0.978. The number of hydrogen-bond donors (Lipinski definition) is 1. The molecule has 42 heavy (non-hydrogen) atoms. The van der Waals surface area contributed by atoms with Crippen LogP contribution in [0.5, 0.6) is 5.75 Å². The zero-order valence-electron chi connectivity index (χ0n) is 23.0. The van der Waals surface area contributed by atoms with Crippen molar-refractivity contribution in [3.05, 3.63) is 125 Å². The molecule has 5 rings (SSSR count). The molecule has 10 heteroatoms. The van der Waals surface area contributed by atoms with Crippen LogP contribution in [0.1, 0.15) is 39.3 Å². The van der Waals surface area contributed by atoms with Gasteiger partial charge in [0.15, 0.2) is 0 Å². The van der Waals surface area contributed by atoms with E-state index < -0.39 is 32.8 Å². The van der Waals surface area contributed by atoms with Crippen LogP contribution in [0.15, 0.2) is 108 Å². The molecule has 0 aromatic heterocycles. The lowest BCUT2D eigenvalue weighted by Gasteiger charge is -2.25. The van der Waals surface area contributed by atoms with Gasteiger partial charge in [0.05, 0.1) is 11.0 Å². The minimum absolute atomic E-state index is 0.0176. The summed E-state index contributed by atoms with van der Waals surface area (Å²) in [5, 5.41) is -1.37. The van der Waals surface area contributed by atoms with E-state index in [2.05, 4.69) is 0 Å². The van der Waals surface area contributed by atoms with Gasteiger partial charge >= 0.3 is 0 Å². The molecule has 1 fully saturated rings. The highest BCUT2D eigenvalue weighted by atomic mass is 32.2. The molecule has 3 unspecified atom stereocenters. The van der Waals surface area contributed by atoms with Gasteiger partial charge in [0, 0.05) is 11.3 Å². The van der Waals surface area contributed by atoms with E-state index in [9.17, 15) is 18.0 Å². The van der Waals surface area contributed by atoms with Crippen molar-refractivity contribution in [2.24, 2.45) is 5.73 Å². The first-order chi connectivity index (χ1) is 20.1. The zero-order chi connectivity index (χ0) is 29.9. The Balaban J connectivity index is 1.41. The number of rotatable bonds is 10. The molecule has 2 N–H and O–H groups in total. The fourth-order valence-corrected chi connectivity index (χ4v) is 7.21. The van der Waals surface area contributed by atoms with Crippen LogP contribution in [0.3, 0.4) is 0 Å². The topological polar surface area (TPSA) is 116 Å². The number of amides is 2. The van der Waals surface area contributed by atoms with Crippen molar-refractivity contribution in [3.8, 4) is 5.75 Å². The molecule has 2 amide bonds. The van der Waals surface area contributed by atoms with E-state index in [1.54, 1.807) is 48.2 Å². The molecule has 3 atom stereocenters. The lowest BCUT2D eigenvalue weighted by atomic mass is 10.1. The Morgan fingerprint density at radius 2 is 1.64 bits per heavy atom. The van der Waals surface area contributed by atoms with Gasteiger partial charge in [0.25, 0.3) is 10.1 Å². The van der Waals surface area contributed by atoms with Crippen molar-refractivity contribution in [1.82, 2.24) is 0 Å². The Kier molecular flexibility index (Phi) is 8.67. The Morgan fingerprint density at radius 3 is 2.31 bits per heavy atom. The molecule has 0 spiro atoms. The first kappa shape index (κ1) is 29.4. The molecule has 0 aliphatic carbocycles. The third-order valence-corrected chi connectivity index (χ3v) is 9.85. The molecule has 0 radical (unpaired) electrons. The summed E-state index contributed by atoms with van der Waals surface area (Å²) in [5.74, 6) is -0.302. The van der Waals surface area contributed by atoms with Gasteiger partial charge in [0.2, 0.25) is 11.8 Å². The minimum atomic E-state index is -4.12. The second-order valence-corrected chi connectivity index (χ2v) is 12.7. The van der Waals surface area contributed by atoms with E-state index in [1.807, 2.05) is 61.5 Å². The van der Waals surface area contributed by atoms with E-state index in [-0.39, 0.29) is 16.4 Å². The average molecular weight is 603 g/mol. The molecular weight excluding hydrogens is 572 g/mol. The normalized spacial score (nSPS) is 17.7. The third-order valence-electron chi connectivity index (χ3n) is 6.83. The quantitative estimate of drug-likeness (QED) is 0.235. The predicted octanol–water partition coefficient (Wildman–Crippen LogP) is 5.61. The monoisotopic (exact) mass is 602 g/mol. The summed E-state index contributed by atoms with van der Waals surface area (Å²) in [4.78, 5) is 27.4. The molecule has 216 valence electrons. The Morgan fingerprint density at radius 1 is 0.952 bits per heavy atom. The van der Waals surface area contributed by atoms with Crippen LogP contribution in [0.25, 0.3) is 0 Å². The third kappa shape index (κ3) is 6.51. The van der Waals surface area contributed by atoms with Gasteiger partial charge in [-0.05, 0) is 67.4 Å². The van der Waals surface area contributed by atoms with Gasteiger partial charge in [-0.2, -0.15) is 8.42 Å². The summed E-state index contributed by atoms with van der Waals surface area (Å²) in [5.41, 5.74) is 8.97. The predicted molar refractivity (Wildman–Crippen MR) is 163 cm³/mol. The zero-order valence-corrected chi connectivity index (χ0v) is 24.7. The van der Waals surface area contributed by atoms with Crippen LogP contribution in [-0.4, -0.2) is 31.6 Å². The summed E-state index contributed by atoms with van der Waals surface area (Å²) in [7, 11) is -4.12. The molecular formula is C32H30N2O6S2. The number of anilines is 1. The number of ether oxygens (including phenoxy) is 1. The highest BCUT2D eigenvalue weighted by Crippen LogP contribution is 2.47. The summed E-state index contributed by atoms with van der Waals surface area (Å²) in [6, 6.07) is 30.0. The maximum absolute atomic E-state index is 13.9. The van der Waals surface area contributed by atoms with Gasteiger partial charge in [-0.1, -0.05) is 66.2 Å². The summed E-state index contributed by atoms with van der Waals surface area (Å²) >= 11 is 1.28. The van der Waals surface area contributed by atoms with Crippen molar-refractivity contribution in [3.63, 3.8) is 0 Å². The van der Waals surface area contributed by atoms with Gasteiger partial charge in [-0.3, -0.25) is 18.7 Å². The fraction of sp³-hybridized carbons (Fsp3) is 0.188. The molecule has 1 heterocycles. The molecule has 1 saturated heterocycles. The van der Waals surface area contributed by atoms with Gasteiger partial charge in [-0.15, -0.1) is 11.8 Å². The number of thioether (sulfide) groups is 1. The number of aryl methyl sites for hydroxylation is 1. The number of nitrogens with two attached hydrogens (primary N) is 1. The highest BCUT2D eigenvalue weighted by molar-refractivity contribution is 8.01. The van der Waals surface area contributed by atoms with E-state index >= 15 is 0 Å². The van der Waals surface area contributed by atoms with Crippen molar-refractivity contribution in [1.29, 1.82) is 0 Å². The second-order valence-electron chi connectivity index (χ2n) is 9.94. The molecule has 8 nitrogen and oxygen atoms in total. The lowest BCUT2D eigenvalue weighted by Crippen LogP contribution is -2.37. The first-order valence-corrected chi connectivity index (χ1v) is 15.6. The van der Waals surface area contributed by atoms with Crippen molar-refractivity contribution < 1.29 is 26.9 Å². The highest BCUT2D eigenvalue weighted by Gasteiger charge is 2.46. The van der Waals surface area contributed by atoms with Crippen molar-refractivity contribution >= 4 is 39.4 Å². The van der Waals surface area contributed by atoms with Gasteiger partial charge in [0.1, 0.15) is 23.0 Å². The number of benzene rings is 4. The molecule has 1 aliphatic rings.